The van der Waals surface area contributed by atoms with Crippen molar-refractivity contribution in [2.75, 3.05) is 7.11 Å². The number of carbonyl (C=O) groups excluding carboxylic acids is 1. The van der Waals surface area contributed by atoms with E-state index in [1.165, 1.54) is 13.3 Å². The minimum Gasteiger partial charge on any atom is -0.493 e. The Bertz CT molecular complexity index is 1750. The molecule has 36 heavy (non-hydrogen) atoms. The van der Waals surface area contributed by atoms with Crippen molar-refractivity contribution < 1.29 is 13.9 Å². The van der Waals surface area contributed by atoms with Gasteiger partial charge in [-0.1, -0.05) is 28.1 Å². The fourth-order valence-corrected chi connectivity index (χ4v) is 4.71. The molecule has 0 aliphatic carbocycles. The lowest BCUT2D eigenvalue weighted by atomic mass is 10.2. The predicted octanol–water partition coefficient (Wildman–Crippen LogP) is 4.72. The van der Waals surface area contributed by atoms with Crippen LogP contribution in [0.4, 0.5) is 0 Å². The van der Waals surface area contributed by atoms with Crippen molar-refractivity contribution in [2.24, 2.45) is 5.10 Å². The van der Waals surface area contributed by atoms with Crippen LogP contribution in [0.1, 0.15) is 33.3 Å². The van der Waals surface area contributed by atoms with Gasteiger partial charge in [-0.25, -0.2) is 10.4 Å². The molecule has 0 aliphatic rings. The van der Waals surface area contributed by atoms with E-state index in [-0.39, 0.29) is 11.3 Å². The second-order valence-electron chi connectivity index (χ2n) is 8.27. The molecule has 1 amide bonds. The molecule has 3 heterocycles. The molecular formula is C26H22BrN5O4. The van der Waals surface area contributed by atoms with Crippen molar-refractivity contribution in [1.82, 2.24) is 19.8 Å². The Labute approximate surface area is 214 Å². The van der Waals surface area contributed by atoms with Gasteiger partial charge in [0.2, 0.25) is 0 Å². The Morgan fingerprint density at radius 2 is 1.92 bits per heavy atom. The topological polar surface area (TPSA) is 104 Å². The fourth-order valence-electron chi connectivity index (χ4n) is 4.25. The van der Waals surface area contributed by atoms with E-state index in [1.807, 2.05) is 44.2 Å². The number of aryl methyl sites for hydroxylation is 2. The maximum absolute atomic E-state index is 13.3. The molecule has 5 aromatic rings. The first-order chi connectivity index (χ1) is 17.3. The molecule has 5 rings (SSSR count). The summed E-state index contributed by atoms with van der Waals surface area (Å²) < 4.78 is 15.2. The van der Waals surface area contributed by atoms with E-state index in [1.54, 1.807) is 34.5 Å². The van der Waals surface area contributed by atoms with Gasteiger partial charge in [-0.15, -0.1) is 0 Å². The Balaban J connectivity index is 1.43. The van der Waals surface area contributed by atoms with Gasteiger partial charge in [-0.2, -0.15) is 9.78 Å². The molecule has 182 valence electrons. The van der Waals surface area contributed by atoms with Gasteiger partial charge in [-0.05, 0) is 57.2 Å². The number of hydrogen-bond acceptors (Lipinski definition) is 6. The standard InChI is InChI=1S/C26H22BrN5O4/c1-14-9-18(15(2)31(14)32-16(3)29-21-8-6-5-7-20(21)26(32)34)13-28-30-25(33)23-11-17-10-19(27)12-22(35-4)24(17)36-23/h5-13H,1-4H3,(H,30,33). The number of methoxy groups -OCH3 is 1. The summed E-state index contributed by atoms with van der Waals surface area (Å²) in [7, 11) is 1.54. The van der Waals surface area contributed by atoms with Crippen LogP contribution in [0, 0.1) is 20.8 Å². The first kappa shape index (κ1) is 23.6. The second-order valence-corrected chi connectivity index (χ2v) is 9.18. The minimum atomic E-state index is -0.500. The summed E-state index contributed by atoms with van der Waals surface area (Å²) >= 11 is 3.42. The van der Waals surface area contributed by atoms with E-state index in [4.69, 9.17) is 9.15 Å². The maximum Gasteiger partial charge on any atom is 0.307 e. The van der Waals surface area contributed by atoms with E-state index in [0.29, 0.717) is 28.1 Å². The maximum atomic E-state index is 13.3. The third-order valence-corrected chi connectivity index (χ3v) is 6.37. The number of benzene rings is 2. The third-order valence-electron chi connectivity index (χ3n) is 5.91. The molecule has 0 spiro atoms. The number of amides is 1. The van der Waals surface area contributed by atoms with Gasteiger partial charge in [0.1, 0.15) is 5.82 Å². The molecule has 0 radical (unpaired) electrons. The summed E-state index contributed by atoms with van der Waals surface area (Å²) in [5, 5.41) is 5.37. The zero-order chi connectivity index (χ0) is 25.6. The number of carbonyl (C=O) groups is 1. The lowest BCUT2D eigenvalue weighted by molar-refractivity contribution is 0.0929. The first-order valence-corrected chi connectivity index (χ1v) is 11.9. The van der Waals surface area contributed by atoms with Gasteiger partial charge in [0.25, 0.3) is 5.56 Å². The monoisotopic (exact) mass is 547 g/mol. The highest BCUT2D eigenvalue weighted by molar-refractivity contribution is 9.10. The summed E-state index contributed by atoms with van der Waals surface area (Å²) in [5.41, 5.74) is 5.79. The Kier molecular flexibility index (Phi) is 5.97. The molecule has 3 aromatic heterocycles. The number of nitrogens with one attached hydrogen (secondary N) is 1. The van der Waals surface area contributed by atoms with Crippen LogP contribution in [-0.4, -0.2) is 33.6 Å². The molecule has 0 atom stereocenters. The molecule has 0 saturated carbocycles. The minimum absolute atomic E-state index is 0.105. The number of halogens is 1. The smallest absolute Gasteiger partial charge is 0.307 e. The van der Waals surface area contributed by atoms with E-state index < -0.39 is 5.91 Å². The molecule has 2 aromatic carbocycles. The third kappa shape index (κ3) is 3.99. The molecule has 0 saturated heterocycles. The highest BCUT2D eigenvalue weighted by Gasteiger charge is 2.17. The summed E-state index contributed by atoms with van der Waals surface area (Å²) in [6, 6.07) is 14.4. The van der Waals surface area contributed by atoms with Crippen molar-refractivity contribution in [3.63, 3.8) is 0 Å². The molecule has 10 heteroatoms. The highest BCUT2D eigenvalue weighted by Crippen LogP contribution is 2.32. The Hall–Kier alpha value is -4.18. The van der Waals surface area contributed by atoms with Gasteiger partial charge in [0.15, 0.2) is 17.1 Å². The SMILES string of the molecule is COc1cc(Br)cc2cc(C(=O)NN=Cc3cc(C)n(-n4c(C)nc5ccccc5c4=O)c3C)oc12. The molecule has 0 aliphatic heterocycles. The number of rotatable bonds is 5. The summed E-state index contributed by atoms with van der Waals surface area (Å²) in [6.07, 6.45) is 1.53. The number of furan rings is 1. The van der Waals surface area contributed by atoms with E-state index in [0.717, 1.165) is 26.8 Å². The number of nitrogens with zero attached hydrogens (tertiary/aromatic N) is 4. The van der Waals surface area contributed by atoms with Crippen LogP contribution in [0.15, 0.2) is 67.3 Å². The number of hydrogen-bond donors (Lipinski definition) is 1. The summed E-state index contributed by atoms with van der Waals surface area (Å²) in [6.45, 7) is 5.56. The highest BCUT2D eigenvalue weighted by atomic mass is 79.9. The van der Waals surface area contributed by atoms with E-state index in [9.17, 15) is 9.59 Å². The van der Waals surface area contributed by atoms with Crippen LogP contribution in [-0.2, 0) is 0 Å². The Morgan fingerprint density at radius 1 is 1.14 bits per heavy atom. The average molecular weight is 548 g/mol. The number of ether oxygens (including phenoxy) is 1. The van der Waals surface area contributed by atoms with E-state index in [2.05, 4.69) is 31.4 Å². The lowest BCUT2D eigenvalue weighted by Crippen LogP contribution is -2.30. The van der Waals surface area contributed by atoms with Crippen LogP contribution < -0.4 is 15.7 Å². The zero-order valence-corrected chi connectivity index (χ0v) is 21.6. The summed E-state index contributed by atoms with van der Waals surface area (Å²) in [5.74, 6) is 0.681. The number of hydrazone groups is 1. The zero-order valence-electron chi connectivity index (χ0n) is 20.0. The first-order valence-electron chi connectivity index (χ1n) is 11.1. The molecule has 0 bridgehead atoms. The lowest BCUT2D eigenvalue weighted by Gasteiger charge is -2.16. The van der Waals surface area contributed by atoms with Crippen molar-refractivity contribution in [3.8, 4) is 5.75 Å². The molecular weight excluding hydrogens is 526 g/mol. The van der Waals surface area contributed by atoms with Gasteiger partial charge in [-0.3, -0.25) is 14.3 Å². The largest absolute Gasteiger partial charge is 0.493 e. The van der Waals surface area contributed by atoms with Crippen LogP contribution in [0.2, 0.25) is 0 Å². The van der Waals surface area contributed by atoms with Crippen LogP contribution in [0.5, 0.6) is 5.75 Å². The Morgan fingerprint density at radius 3 is 2.69 bits per heavy atom. The van der Waals surface area contributed by atoms with Crippen molar-refractivity contribution in [1.29, 1.82) is 0 Å². The second kappa shape index (κ2) is 9.12. The average Bonchev–Trinajstić information content (AvgIpc) is 3.40. The van der Waals surface area contributed by atoms with E-state index >= 15 is 0 Å². The van der Waals surface area contributed by atoms with Crippen molar-refractivity contribution >= 4 is 49.9 Å². The summed E-state index contributed by atoms with van der Waals surface area (Å²) in [4.78, 5) is 30.5. The predicted molar refractivity (Wildman–Crippen MR) is 141 cm³/mol. The quantitative estimate of drug-likeness (QED) is 0.253. The van der Waals surface area contributed by atoms with Gasteiger partial charge >= 0.3 is 5.91 Å². The van der Waals surface area contributed by atoms with Crippen LogP contribution in [0.3, 0.4) is 0 Å². The number of fused-ring (bicyclic) bond motifs is 2. The molecule has 0 unspecified atom stereocenters. The normalized spacial score (nSPS) is 11.6. The molecule has 1 N–H and O–H groups in total. The molecule has 9 nitrogen and oxygen atoms in total. The van der Waals surface area contributed by atoms with Crippen LogP contribution in [0.25, 0.3) is 21.9 Å². The van der Waals surface area contributed by atoms with Crippen molar-refractivity contribution in [3.05, 3.63) is 91.9 Å². The van der Waals surface area contributed by atoms with Crippen LogP contribution >= 0.6 is 15.9 Å². The fraction of sp³-hybridized carbons (Fsp3) is 0.154. The number of aromatic nitrogens is 3. The number of para-hydroxylation sites is 1. The van der Waals surface area contributed by atoms with Gasteiger partial charge in [0.05, 0.1) is 24.2 Å². The van der Waals surface area contributed by atoms with Gasteiger partial charge in [0, 0.05) is 26.8 Å². The molecule has 0 fully saturated rings. The van der Waals surface area contributed by atoms with Gasteiger partial charge < -0.3 is 9.15 Å². The van der Waals surface area contributed by atoms with Crippen molar-refractivity contribution in [2.45, 2.75) is 20.8 Å².